The number of ether oxygens (including phenoxy) is 1. The molecular formula is C8H18N2O3. The van der Waals surface area contributed by atoms with E-state index in [9.17, 15) is 4.79 Å². The number of aliphatic hydroxyl groups is 1. The summed E-state index contributed by atoms with van der Waals surface area (Å²) in [5, 5.41) is 14.2. The van der Waals surface area contributed by atoms with Crippen LogP contribution in [0.3, 0.4) is 0 Å². The zero-order valence-electron chi connectivity index (χ0n) is 8.17. The third-order valence-corrected chi connectivity index (χ3v) is 1.51. The molecule has 0 aromatic rings. The third-order valence-electron chi connectivity index (χ3n) is 1.51. The molecule has 0 aliphatic heterocycles. The van der Waals surface area contributed by atoms with Gasteiger partial charge in [0.15, 0.2) is 0 Å². The number of hydrogen-bond donors (Lipinski definition) is 3. The lowest BCUT2D eigenvalue weighted by Gasteiger charge is -2.10. The molecule has 0 saturated heterocycles. The Hall–Kier alpha value is -0.650. The van der Waals surface area contributed by atoms with Crippen molar-refractivity contribution in [2.75, 3.05) is 33.4 Å². The first-order valence-electron chi connectivity index (χ1n) is 4.30. The average molecular weight is 190 g/mol. The van der Waals surface area contributed by atoms with Crippen molar-refractivity contribution in [2.45, 2.75) is 13.0 Å². The maximum Gasteiger partial charge on any atom is 0.234 e. The lowest BCUT2D eigenvalue weighted by atomic mass is 10.3. The first kappa shape index (κ1) is 12.3. The summed E-state index contributed by atoms with van der Waals surface area (Å²) in [5.74, 6) is -0.0858. The molecule has 13 heavy (non-hydrogen) atoms. The SMILES string of the molecule is COCCNC(=O)CNC(C)CO. The lowest BCUT2D eigenvalue weighted by molar-refractivity contribution is -0.120. The third kappa shape index (κ3) is 7.70. The van der Waals surface area contributed by atoms with E-state index in [0.717, 1.165) is 0 Å². The Morgan fingerprint density at radius 1 is 1.62 bits per heavy atom. The van der Waals surface area contributed by atoms with Gasteiger partial charge >= 0.3 is 0 Å². The van der Waals surface area contributed by atoms with Gasteiger partial charge in [-0.15, -0.1) is 0 Å². The molecule has 0 rings (SSSR count). The summed E-state index contributed by atoms with van der Waals surface area (Å²) < 4.78 is 4.76. The molecule has 0 heterocycles. The Bertz CT molecular complexity index is 141. The number of carbonyl (C=O) groups excluding carboxylic acids is 1. The Balaban J connectivity index is 3.30. The predicted octanol–water partition coefficient (Wildman–Crippen LogP) is -1.28. The van der Waals surface area contributed by atoms with E-state index in [1.165, 1.54) is 0 Å². The van der Waals surface area contributed by atoms with Crippen molar-refractivity contribution >= 4 is 5.91 Å². The molecule has 0 aliphatic carbocycles. The zero-order valence-corrected chi connectivity index (χ0v) is 8.17. The molecule has 0 aromatic heterocycles. The van der Waals surface area contributed by atoms with Crippen LogP contribution in [0.25, 0.3) is 0 Å². The van der Waals surface area contributed by atoms with Gasteiger partial charge in [-0.1, -0.05) is 0 Å². The fourth-order valence-corrected chi connectivity index (χ4v) is 0.686. The minimum atomic E-state index is -0.0858. The largest absolute Gasteiger partial charge is 0.395 e. The highest BCUT2D eigenvalue weighted by molar-refractivity contribution is 5.77. The van der Waals surface area contributed by atoms with Crippen molar-refractivity contribution in [3.05, 3.63) is 0 Å². The van der Waals surface area contributed by atoms with Gasteiger partial charge in [0.1, 0.15) is 0 Å². The highest BCUT2D eigenvalue weighted by Gasteiger charge is 2.02. The van der Waals surface area contributed by atoms with Gasteiger partial charge in [-0.3, -0.25) is 4.79 Å². The molecule has 1 amide bonds. The van der Waals surface area contributed by atoms with Crippen LogP contribution in [0.2, 0.25) is 0 Å². The van der Waals surface area contributed by atoms with E-state index in [1.54, 1.807) is 7.11 Å². The number of aliphatic hydroxyl groups excluding tert-OH is 1. The standard InChI is InChI=1S/C8H18N2O3/c1-7(6-11)10-5-8(12)9-3-4-13-2/h7,10-11H,3-6H2,1-2H3,(H,9,12). The molecule has 1 atom stereocenters. The van der Waals surface area contributed by atoms with E-state index in [1.807, 2.05) is 6.92 Å². The number of carbonyl (C=O) groups is 1. The molecule has 0 spiro atoms. The zero-order chi connectivity index (χ0) is 10.1. The minimum Gasteiger partial charge on any atom is -0.395 e. The van der Waals surface area contributed by atoms with Gasteiger partial charge in [-0.2, -0.15) is 0 Å². The summed E-state index contributed by atoms with van der Waals surface area (Å²) in [6.45, 7) is 3.10. The number of amides is 1. The van der Waals surface area contributed by atoms with Crippen LogP contribution < -0.4 is 10.6 Å². The minimum absolute atomic E-state index is 0.0331. The molecule has 0 saturated carbocycles. The summed E-state index contributed by atoms with van der Waals surface area (Å²) >= 11 is 0. The van der Waals surface area contributed by atoms with Crippen molar-refractivity contribution in [1.29, 1.82) is 0 Å². The summed E-state index contributed by atoms with van der Waals surface area (Å²) in [4.78, 5) is 11.0. The van der Waals surface area contributed by atoms with Crippen LogP contribution in [0.5, 0.6) is 0 Å². The van der Waals surface area contributed by atoms with Gasteiger partial charge in [0.2, 0.25) is 5.91 Å². The van der Waals surface area contributed by atoms with E-state index in [-0.39, 0.29) is 25.1 Å². The molecular weight excluding hydrogens is 172 g/mol. The first-order chi connectivity index (χ1) is 6.20. The van der Waals surface area contributed by atoms with Crippen molar-refractivity contribution < 1.29 is 14.6 Å². The van der Waals surface area contributed by atoms with Crippen LogP contribution in [-0.4, -0.2) is 50.5 Å². The molecule has 0 bridgehead atoms. The number of rotatable bonds is 7. The van der Waals surface area contributed by atoms with Gasteiger partial charge in [-0.05, 0) is 6.92 Å². The van der Waals surface area contributed by atoms with Crippen LogP contribution in [0.15, 0.2) is 0 Å². The fourth-order valence-electron chi connectivity index (χ4n) is 0.686. The van der Waals surface area contributed by atoms with Crippen LogP contribution in [-0.2, 0) is 9.53 Å². The fraction of sp³-hybridized carbons (Fsp3) is 0.875. The molecule has 78 valence electrons. The molecule has 0 fully saturated rings. The molecule has 3 N–H and O–H groups in total. The Kier molecular flexibility index (Phi) is 7.57. The quantitative estimate of drug-likeness (QED) is 0.437. The smallest absolute Gasteiger partial charge is 0.234 e. The lowest BCUT2D eigenvalue weighted by Crippen LogP contribution is -2.40. The van der Waals surface area contributed by atoms with Gasteiger partial charge < -0.3 is 20.5 Å². The summed E-state index contributed by atoms with van der Waals surface area (Å²) in [6, 6.07) is -0.0480. The molecule has 0 aliphatic rings. The van der Waals surface area contributed by atoms with Crippen LogP contribution in [0.4, 0.5) is 0 Å². The average Bonchev–Trinajstić information content (AvgIpc) is 2.14. The van der Waals surface area contributed by atoms with Crippen molar-refractivity contribution in [1.82, 2.24) is 10.6 Å². The van der Waals surface area contributed by atoms with Crippen LogP contribution in [0.1, 0.15) is 6.92 Å². The normalized spacial score (nSPS) is 12.5. The van der Waals surface area contributed by atoms with Crippen molar-refractivity contribution in [3.63, 3.8) is 0 Å². The Morgan fingerprint density at radius 2 is 2.31 bits per heavy atom. The summed E-state index contributed by atoms with van der Waals surface area (Å²) in [6.07, 6.45) is 0. The van der Waals surface area contributed by atoms with E-state index in [0.29, 0.717) is 13.2 Å². The second kappa shape index (κ2) is 7.97. The van der Waals surface area contributed by atoms with Crippen molar-refractivity contribution in [2.24, 2.45) is 0 Å². The highest BCUT2D eigenvalue weighted by atomic mass is 16.5. The molecule has 5 heteroatoms. The highest BCUT2D eigenvalue weighted by Crippen LogP contribution is 1.76. The maximum atomic E-state index is 11.0. The Morgan fingerprint density at radius 3 is 2.85 bits per heavy atom. The molecule has 0 radical (unpaired) electrons. The van der Waals surface area contributed by atoms with Crippen molar-refractivity contribution in [3.8, 4) is 0 Å². The van der Waals surface area contributed by atoms with Crippen LogP contribution >= 0.6 is 0 Å². The second-order valence-corrected chi connectivity index (χ2v) is 2.81. The summed E-state index contributed by atoms with van der Waals surface area (Å²) in [7, 11) is 1.58. The van der Waals surface area contributed by atoms with Gasteiger partial charge in [-0.25, -0.2) is 0 Å². The molecule has 5 nitrogen and oxygen atoms in total. The second-order valence-electron chi connectivity index (χ2n) is 2.81. The van der Waals surface area contributed by atoms with E-state index in [2.05, 4.69) is 10.6 Å². The van der Waals surface area contributed by atoms with Crippen LogP contribution in [0, 0.1) is 0 Å². The molecule has 1 unspecified atom stereocenters. The van der Waals surface area contributed by atoms with Gasteiger partial charge in [0, 0.05) is 19.7 Å². The number of methoxy groups -OCH3 is 1. The van der Waals surface area contributed by atoms with E-state index in [4.69, 9.17) is 9.84 Å². The number of nitrogens with one attached hydrogen (secondary N) is 2. The number of hydrogen-bond acceptors (Lipinski definition) is 4. The Labute approximate surface area is 78.5 Å². The topological polar surface area (TPSA) is 70.6 Å². The van der Waals surface area contributed by atoms with Gasteiger partial charge in [0.25, 0.3) is 0 Å². The van der Waals surface area contributed by atoms with Gasteiger partial charge in [0.05, 0.1) is 19.8 Å². The molecule has 0 aromatic carbocycles. The monoisotopic (exact) mass is 190 g/mol. The van der Waals surface area contributed by atoms with E-state index >= 15 is 0 Å². The summed E-state index contributed by atoms with van der Waals surface area (Å²) in [5.41, 5.74) is 0. The first-order valence-corrected chi connectivity index (χ1v) is 4.30. The maximum absolute atomic E-state index is 11.0. The predicted molar refractivity (Wildman–Crippen MR) is 49.4 cm³/mol. The van der Waals surface area contributed by atoms with E-state index < -0.39 is 0 Å².